The lowest BCUT2D eigenvalue weighted by Gasteiger charge is -2.12. The molecule has 3 rings (SSSR count). The topological polar surface area (TPSA) is 87.5 Å². The molecule has 3 aromatic rings. The molecule has 2 aromatic carbocycles. The first-order valence-electron chi connectivity index (χ1n) is 9.06. The number of ether oxygens (including phenoxy) is 3. The number of rotatable bonds is 10. The van der Waals surface area contributed by atoms with E-state index in [1.54, 1.807) is 24.1 Å². The Morgan fingerprint density at radius 2 is 1.90 bits per heavy atom. The third-order valence-electron chi connectivity index (χ3n) is 4.13. The molecular formula is C20H20F2N4O4S. The zero-order chi connectivity index (χ0) is 22.2. The SMILES string of the molecule is COc1cc(CNC(=O)CSc2nncn2-c2ccccc2OC)ccc1OC(F)F. The number of amides is 1. The lowest BCUT2D eigenvalue weighted by molar-refractivity contribution is -0.118. The highest BCUT2D eigenvalue weighted by atomic mass is 32.2. The molecule has 1 N–H and O–H groups in total. The van der Waals surface area contributed by atoms with E-state index in [1.807, 2.05) is 24.3 Å². The van der Waals surface area contributed by atoms with Crippen LogP contribution in [0.1, 0.15) is 5.56 Å². The molecule has 164 valence electrons. The predicted octanol–water partition coefficient (Wildman–Crippen LogP) is 3.29. The number of aromatic nitrogens is 3. The number of halogens is 2. The molecule has 0 bridgehead atoms. The van der Waals surface area contributed by atoms with Crippen molar-refractivity contribution in [2.24, 2.45) is 0 Å². The highest BCUT2D eigenvalue weighted by Gasteiger charge is 2.14. The highest BCUT2D eigenvalue weighted by Crippen LogP contribution is 2.29. The van der Waals surface area contributed by atoms with E-state index >= 15 is 0 Å². The van der Waals surface area contributed by atoms with Crippen molar-refractivity contribution in [3.8, 4) is 22.9 Å². The first kappa shape index (κ1) is 22.3. The largest absolute Gasteiger partial charge is 0.495 e. The zero-order valence-electron chi connectivity index (χ0n) is 16.7. The van der Waals surface area contributed by atoms with Gasteiger partial charge in [-0.15, -0.1) is 10.2 Å². The Morgan fingerprint density at radius 3 is 2.65 bits per heavy atom. The molecule has 1 aromatic heterocycles. The van der Waals surface area contributed by atoms with Crippen LogP contribution in [0.25, 0.3) is 5.69 Å². The number of hydrogen-bond acceptors (Lipinski definition) is 7. The van der Waals surface area contributed by atoms with E-state index in [0.717, 1.165) is 5.69 Å². The summed E-state index contributed by atoms with van der Waals surface area (Å²) >= 11 is 1.22. The molecule has 0 aliphatic heterocycles. The van der Waals surface area contributed by atoms with E-state index in [1.165, 1.54) is 31.0 Å². The second kappa shape index (κ2) is 10.6. The number of para-hydroxylation sites is 2. The van der Waals surface area contributed by atoms with Crippen molar-refractivity contribution in [3.05, 3.63) is 54.4 Å². The molecule has 11 heteroatoms. The molecule has 0 radical (unpaired) electrons. The standard InChI is InChI=1S/C20H20F2N4O4S/c1-28-15-6-4-3-5-14(15)26-12-24-25-20(26)31-11-18(27)23-10-13-7-8-16(30-19(21)22)17(9-13)29-2/h3-9,12,19H,10-11H2,1-2H3,(H,23,27). The molecule has 0 aliphatic rings. The number of carbonyl (C=O) groups is 1. The number of benzene rings is 2. The summed E-state index contributed by atoms with van der Waals surface area (Å²) < 4.78 is 41.4. The van der Waals surface area contributed by atoms with Crippen molar-refractivity contribution in [2.75, 3.05) is 20.0 Å². The molecule has 0 fully saturated rings. The fourth-order valence-corrected chi connectivity index (χ4v) is 3.47. The molecule has 0 unspecified atom stereocenters. The van der Waals surface area contributed by atoms with Crippen LogP contribution < -0.4 is 19.5 Å². The average molecular weight is 450 g/mol. The minimum absolute atomic E-state index is 0.0705. The van der Waals surface area contributed by atoms with Crippen molar-refractivity contribution in [2.45, 2.75) is 18.3 Å². The van der Waals surface area contributed by atoms with Crippen molar-refractivity contribution >= 4 is 17.7 Å². The molecular weight excluding hydrogens is 430 g/mol. The molecule has 8 nitrogen and oxygen atoms in total. The number of nitrogens with zero attached hydrogens (tertiary/aromatic N) is 3. The van der Waals surface area contributed by atoms with Gasteiger partial charge in [0.25, 0.3) is 0 Å². The first-order chi connectivity index (χ1) is 15.0. The van der Waals surface area contributed by atoms with Gasteiger partial charge in [0.15, 0.2) is 16.7 Å². The van der Waals surface area contributed by atoms with Gasteiger partial charge in [0, 0.05) is 6.54 Å². The van der Waals surface area contributed by atoms with E-state index < -0.39 is 6.61 Å². The number of alkyl halides is 2. The van der Waals surface area contributed by atoms with Crippen LogP contribution >= 0.6 is 11.8 Å². The van der Waals surface area contributed by atoms with Crippen LogP contribution in [0.2, 0.25) is 0 Å². The Morgan fingerprint density at radius 1 is 1.13 bits per heavy atom. The van der Waals surface area contributed by atoms with E-state index in [0.29, 0.717) is 16.5 Å². The monoisotopic (exact) mass is 450 g/mol. The molecule has 0 saturated heterocycles. The van der Waals surface area contributed by atoms with Gasteiger partial charge in [0.2, 0.25) is 5.91 Å². The Bertz CT molecular complexity index is 1030. The molecule has 1 heterocycles. The summed E-state index contributed by atoms with van der Waals surface area (Å²) in [6.45, 7) is -2.75. The summed E-state index contributed by atoms with van der Waals surface area (Å²) in [5.74, 6) is 0.621. The van der Waals surface area contributed by atoms with Crippen LogP contribution in [0.4, 0.5) is 8.78 Å². The Kier molecular flexibility index (Phi) is 7.65. The lowest BCUT2D eigenvalue weighted by atomic mass is 10.2. The van der Waals surface area contributed by atoms with Crippen LogP contribution in [0.15, 0.2) is 53.9 Å². The van der Waals surface area contributed by atoms with Crippen LogP contribution in [0.3, 0.4) is 0 Å². The summed E-state index contributed by atoms with van der Waals surface area (Å²) in [4.78, 5) is 12.3. The number of hydrogen-bond donors (Lipinski definition) is 1. The van der Waals surface area contributed by atoms with E-state index in [9.17, 15) is 13.6 Å². The maximum absolute atomic E-state index is 12.4. The van der Waals surface area contributed by atoms with Gasteiger partial charge in [0.1, 0.15) is 12.1 Å². The quantitative estimate of drug-likeness (QED) is 0.474. The van der Waals surface area contributed by atoms with Gasteiger partial charge >= 0.3 is 6.61 Å². The van der Waals surface area contributed by atoms with Crippen molar-refractivity contribution in [3.63, 3.8) is 0 Å². The Labute approximate surface area is 181 Å². The first-order valence-corrected chi connectivity index (χ1v) is 10.0. The number of carbonyl (C=O) groups excluding carboxylic acids is 1. The summed E-state index contributed by atoms with van der Waals surface area (Å²) in [6, 6.07) is 11.9. The number of nitrogens with one attached hydrogen (secondary N) is 1. The third kappa shape index (κ3) is 5.85. The molecule has 1 amide bonds. The predicted molar refractivity (Wildman–Crippen MR) is 110 cm³/mol. The van der Waals surface area contributed by atoms with Crippen LogP contribution in [-0.2, 0) is 11.3 Å². The van der Waals surface area contributed by atoms with Crippen LogP contribution in [0.5, 0.6) is 17.2 Å². The second-order valence-electron chi connectivity index (χ2n) is 6.08. The summed E-state index contributed by atoms with van der Waals surface area (Å²) in [5, 5.41) is 11.3. The van der Waals surface area contributed by atoms with Gasteiger partial charge in [-0.2, -0.15) is 8.78 Å². The third-order valence-corrected chi connectivity index (χ3v) is 5.07. The average Bonchev–Trinajstić information content (AvgIpc) is 3.25. The maximum atomic E-state index is 12.4. The van der Waals surface area contributed by atoms with Crippen LogP contribution in [-0.4, -0.2) is 47.3 Å². The van der Waals surface area contributed by atoms with Gasteiger partial charge in [0.05, 0.1) is 25.7 Å². The second-order valence-corrected chi connectivity index (χ2v) is 7.03. The van der Waals surface area contributed by atoms with Crippen molar-refractivity contribution in [1.82, 2.24) is 20.1 Å². The normalized spacial score (nSPS) is 10.7. The van der Waals surface area contributed by atoms with Gasteiger partial charge in [-0.1, -0.05) is 30.0 Å². The van der Waals surface area contributed by atoms with Gasteiger partial charge in [-0.25, -0.2) is 0 Å². The summed E-state index contributed by atoms with van der Waals surface area (Å²) in [6.07, 6.45) is 1.55. The van der Waals surface area contributed by atoms with Crippen molar-refractivity contribution in [1.29, 1.82) is 0 Å². The number of thioether (sulfide) groups is 1. The highest BCUT2D eigenvalue weighted by molar-refractivity contribution is 7.99. The van der Waals surface area contributed by atoms with Gasteiger partial charge < -0.3 is 19.5 Å². The molecule has 0 spiro atoms. The molecule has 31 heavy (non-hydrogen) atoms. The van der Waals surface area contributed by atoms with Crippen molar-refractivity contribution < 1.29 is 27.8 Å². The molecule has 0 aliphatic carbocycles. The maximum Gasteiger partial charge on any atom is 0.387 e. The van der Waals surface area contributed by atoms with E-state index in [2.05, 4.69) is 20.3 Å². The lowest BCUT2D eigenvalue weighted by Crippen LogP contribution is -2.24. The summed E-state index contributed by atoms with van der Waals surface area (Å²) in [7, 11) is 2.93. The Hall–Kier alpha value is -3.34. The minimum Gasteiger partial charge on any atom is -0.495 e. The van der Waals surface area contributed by atoms with Gasteiger partial charge in [-0.3, -0.25) is 9.36 Å². The minimum atomic E-state index is -2.95. The summed E-state index contributed by atoms with van der Waals surface area (Å²) in [5.41, 5.74) is 1.44. The van der Waals surface area contributed by atoms with Crippen LogP contribution in [0, 0.1) is 0 Å². The molecule has 0 saturated carbocycles. The fourth-order valence-electron chi connectivity index (χ4n) is 2.71. The fraction of sp³-hybridized carbons (Fsp3) is 0.250. The smallest absolute Gasteiger partial charge is 0.387 e. The number of methoxy groups -OCH3 is 2. The van der Waals surface area contributed by atoms with E-state index in [4.69, 9.17) is 9.47 Å². The van der Waals surface area contributed by atoms with E-state index in [-0.39, 0.29) is 29.7 Å². The Balaban J connectivity index is 1.58. The molecule has 0 atom stereocenters. The zero-order valence-corrected chi connectivity index (χ0v) is 17.6. The van der Waals surface area contributed by atoms with Gasteiger partial charge in [-0.05, 0) is 29.8 Å².